The summed E-state index contributed by atoms with van der Waals surface area (Å²) < 4.78 is 5.20. The first-order valence-corrected chi connectivity index (χ1v) is 7.38. The maximum Gasteiger partial charge on any atom is 0.311 e. The molecule has 2 rings (SSSR count). The molecule has 0 saturated carbocycles. The van der Waals surface area contributed by atoms with Gasteiger partial charge in [-0.15, -0.1) is 0 Å². The summed E-state index contributed by atoms with van der Waals surface area (Å²) >= 11 is 0. The standard InChI is InChI=1S/C17H17N3O5/c1-11-7-8-16(14(9-11)20(23)24)25-10-17(22)19-18-12(2)13-5-3-4-6-15(13)21/h3-9,21H,10H2,1-2H3,(H,19,22). The SMILES string of the molecule is CC(=NNC(=O)COc1ccc(C)cc1[N+](=O)[O-])c1ccccc1O. The van der Waals surface area contributed by atoms with Crippen LogP contribution in [-0.4, -0.2) is 28.3 Å². The second kappa shape index (κ2) is 7.91. The van der Waals surface area contributed by atoms with E-state index >= 15 is 0 Å². The number of nitro benzene ring substituents is 1. The molecule has 0 fully saturated rings. The normalized spacial score (nSPS) is 11.0. The predicted octanol–water partition coefficient (Wildman–Crippen LogP) is 2.53. The molecule has 0 saturated heterocycles. The third-order valence-corrected chi connectivity index (χ3v) is 3.31. The van der Waals surface area contributed by atoms with E-state index in [1.807, 2.05) is 0 Å². The number of hydrogen-bond acceptors (Lipinski definition) is 6. The Bertz CT molecular complexity index is 833. The molecule has 0 spiro atoms. The Kier molecular flexibility index (Phi) is 5.67. The van der Waals surface area contributed by atoms with Gasteiger partial charge in [0.05, 0.1) is 10.6 Å². The Morgan fingerprint density at radius 2 is 2.04 bits per heavy atom. The molecule has 2 aromatic rings. The van der Waals surface area contributed by atoms with Crippen molar-refractivity contribution in [2.24, 2.45) is 5.10 Å². The lowest BCUT2D eigenvalue weighted by atomic mass is 10.1. The van der Waals surface area contributed by atoms with Gasteiger partial charge in [-0.2, -0.15) is 5.10 Å². The number of carbonyl (C=O) groups excluding carboxylic acids is 1. The molecule has 0 heterocycles. The van der Waals surface area contributed by atoms with Crippen molar-refractivity contribution in [1.82, 2.24) is 5.43 Å². The number of nitrogens with one attached hydrogen (secondary N) is 1. The molecule has 8 heteroatoms. The maximum absolute atomic E-state index is 11.8. The number of rotatable bonds is 6. The number of aryl methyl sites for hydroxylation is 1. The lowest BCUT2D eigenvalue weighted by Gasteiger charge is -2.07. The summed E-state index contributed by atoms with van der Waals surface area (Å²) in [5.41, 5.74) is 3.68. The van der Waals surface area contributed by atoms with Gasteiger partial charge in [-0.25, -0.2) is 5.43 Å². The molecule has 8 nitrogen and oxygen atoms in total. The van der Waals surface area contributed by atoms with Crippen molar-refractivity contribution < 1.29 is 19.6 Å². The molecule has 0 atom stereocenters. The summed E-state index contributed by atoms with van der Waals surface area (Å²) in [7, 11) is 0. The molecule has 0 aliphatic rings. The molecule has 0 bridgehead atoms. The van der Waals surface area contributed by atoms with Crippen molar-refractivity contribution >= 4 is 17.3 Å². The summed E-state index contributed by atoms with van der Waals surface area (Å²) in [6.45, 7) is 2.92. The number of amides is 1. The Morgan fingerprint density at radius 3 is 2.72 bits per heavy atom. The summed E-state index contributed by atoms with van der Waals surface area (Å²) in [5, 5.41) is 24.6. The van der Waals surface area contributed by atoms with E-state index in [2.05, 4.69) is 10.5 Å². The van der Waals surface area contributed by atoms with Crippen molar-refractivity contribution in [3.63, 3.8) is 0 Å². The van der Waals surface area contributed by atoms with E-state index in [1.54, 1.807) is 38.1 Å². The molecule has 2 aromatic carbocycles. The van der Waals surface area contributed by atoms with E-state index in [0.29, 0.717) is 16.8 Å². The highest BCUT2D eigenvalue weighted by molar-refractivity contribution is 6.01. The first-order chi connectivity index (χ1) is 11.9. The fourth-order valence-electron chi connectivity index (χ4n) is 2.05. The van der Waals surface area contributed by atoms with Gasteiger partial charge >= 0.3 is 5.69 Å². The minimum Gasteiger partial charge on any atom is -0.507 e. The molecule has 0 radical (unpaired) electrons. The molecular formula is C17H17N3O5. The number of nitrogens with zero attached hydrogens (tertiary/aromatic N) is 2. The molecule has 0 aliphatic carbocycles. The highest BCUT2D eigenvalue weighted by Crippen LogP contribution is 2.27. The number of benzene rings is 2. The van der Waals surface area contributed by atoms with E-state index in [9.17, 15) is 20.0 Å². The van der Waals surface area contributed by atoms with Gasteiger partial charge in [0.15, 0.2) is 12.4 Å². The third-order valence-electron chi connectivity index (χ3n) is 3.31. The first kappa shape index (κ1) is 17.9. The fraction of sp³-hybridized carbons (Fsp3) is 0.176. The van der Waals surface area contributed by atoms with Crippen LogP contribution in [0.15, 0.2) is 47.6 Å². The van der Waals surface area contributed by atoms with Gasteiger partial charge in [-0.05, 0) is 37.6 Å². The van der Waals surface area contributed by atoms with Crippen molar-refractivity contribution in [2.75, 3.05) is 6.61 Å². The zero-order valence-electron chi connectivity index (χ0n) is 13.7. The van der Waals surface area contributed by atoms with E-state index in [4.69, 9.17) is 4.74 Å². The smallest absolute Gasteiger partial charge is 0.311 e. The number of nitro groups is 1. The minimum absolute atomic E-state index is 0.00663. The van der Waals surface area contributed by atoms with Crippen molar-refractivity contribution in [3.8, 4) is 11.5 Å². The summed E-state index contributed by atoms with van der Waals surface area (Å²) in [5.74, 6) is -0.527. The van der Waals surface area contributed by atoms with Crippen LogP contribution in [0.25, 0.3) is 0 Å². The van der Waals surface area contributed by atoms with Gasteiger partial charge < -0.3 is 9.84 Å². The quantitative estimate of drug-likeness (QED) is 0.475. The Hall–Kier alpha value is -3.42. The van der Waals surface area contributed by atoms with Crippen LogP contribution in [0, 0.1) is 17.0 Å². The zero-order chi connectivity index (χ0) is 18.4. The topological polar surface area (TPSA) is 114 Å². The van der Waals surface area contributed by atoms with Crippen LogP contribution in [0.5, 0.6) is 11.5 Å². The average molecular weight is 343 g/mol. The molecule has 1 amide bonds. The zero-order valence-corrected chi connectivity index (χ0v) is 13.7. The number of hydrazone groups is 1. The number of aromatic hydroxyl groups is 1. The Morgan fingerprint density at radius 1 is 1.32 bits per heavy atom. The van der Waals surface area contributed by atoms with Crippen LogP contribution in [0.2, 0.25) is 0 Å². The van der Waals surface area contributed by atoms with Gasteiger partial charge in [0, 0.05) is 11.6 Å². The number of carbonyl (C=O) groups is 1. The van der Waals surface area contributed by atoms with Crippen LogP contribution in [0.1, 0.15) is 18.1 Å². The van der Waals surface area contributed by atoms with E-state index in [-0.39, 0.29) is 17.2 Å². The van der Waals surface area contributed by atoms with Gasteiger partial charge in [-0.1, -0.05) is 18.2 Å². The molecule has 130 valence electrons. The Labute approximate surface area is 143 Å². The van der Waals surface area contributed by atoms with E-state index in [1.165, 1.54) is 18.2 Å². The van der Waals surface area contributed by atoms with E-state index < -0.39 is 17.4 Å². The molecule has 2 N–H and O–H groups in total. The van der Waals surface area contributed by atoms with Crippen molar-refractivity contribution in [1.29, 1.82) is 0 Å². The van der Waals surface area contributed by atoms with Crippen LogP contribution in [0.4, 0.5) is 5.69 Å². The van der Waals surface area contributed by atoms with Crippen molar-refractivity contribution in [2.45, 2.75) is 13.8 Å². The molecule has 0 unspecified atom stereocenters. The minimum atomic E-state index is -0.579. The molecule has 0 aliphatic heterocycles. The fourth-order valence-corrected chi connectivity index (χ4v) is 2.05. The summed E-state index contributed by atoms with van der Waals surface area (Å²) in [6, 6.07) is 11.0. The Balaban J connectivity index is 1.99. The third kappa shape index (κ3) is 4.77. The van der Waals surface area contributed by atoms with Gasteiger partial charge in [0.2, 0.25) is 0 Å². The second-order valence-electron chi connectivity index (χ2n) is 5.27. The van der Waals surface area contributed by atoms with Gasteiger partial charge in [0.1, 0.15) is 5.75 Å². The number of phenolic OH excluding ortho intramolecular Hbond substituents is 1. The van der Waals surface area contributed by atoms with Crippen LogP contribution in [0.3, 0.4) is 0 Å². The second-order valence-corrected chi connectivity index (χ2v) is 5.27. The summed E-state index contributed by atoms with van der Waals surface area (Å²) in [4.78, 5) is 22.2. The number of phenols is 1. The lowest BCUT2D eigenvalue weighted by Crippen LogP contribution is -2.25. The van der Waals surface area contributed by atoms with Gasteiger partial charge in [-0.3, -0.25) is 14.9 Å². The molecular weight excluding hydrogens is 326 g/mol. The van der Waals surface area contributed by atoms with Gasteiger partial charge in [0.25, 0.3) is 5.91 Å². The first-order valence-electron chi connectivity index (χ1n) is 7.38. The van der Waals surface area contributed by atoms with Crippen LogP contribution in [-0.2, 0) is 4.79 Å². The van der Waals surface area contributed by atoms with E-state index in [0.717, 1.165) is 0 Å². The van der Waals surface area contributed by atoms with Crippen molar-refractivity contribution in [3.05, 3.63) is 63.7 Å². The average Bonchev–Trinajstić information content (AvgIpc) is 2.58. The highest BCUT2D eigenvalue weighted by Gasteiger charge is 2.16. The maximum atomic E-state index is 11.8. The lowest BCUT2D eigenvalue weighted by molar-refractivity contribution is -0.385. The van der Waals surface area contributed by atoms with Crippen LogP contribution < -0.4 is 10.2 Å². The highest BCUT2D eigenvalue weighted by atomic mass is 16.6. The number of ether oxygens (including phenoxy) is 1. The van der Waals surface area contributed by atoms with Crippen LogP contribution >= 0.6 is 0 Å². The number of para-hydroxylation sites is 1. The largest absolute Gasteiger partial charge is 0.507 e. The molecule has 25 heavy (non-hydrogen) atoms. The summed E-state index contributed by atoms with van der Waals surface area (Å²) in [6.07, 6.45) is 0. The monoisotopic (exact) mass is 343 g/mol. The number of hydrogen-bond donors (Lipinski definition) is 2. The predicted molar refractivity (Wildman–Crippen MR) is 91.8 cm³/mol. The molecule has 0 aromatic heterocycles.